The van der Waals surface area contributed by atoms with Crippen molar-refractivity contribution in [1.82, 2.24) is 25.1 Å². The molecule has 0 unspecified atom stereocenters. The van der Waals surface area contributed by atoms with Crippen LogP contribution in [-0.4, -0.2) is 50.0 Å². The van der Waals surface area contributed by atoms with E-state index in [2.05, 4.69) is 20.8 Å². The summed E-state index contributed by atoms with van der Waals surface area (Å²) in [6, 6.07) is 7.20. The third kappa shape index (κ3) is 2.73. The molecule has 0 atom stereocenters. The number of likely N-dealkylation sites (tertiary alicyclic amines) is 1. The average Bonchev–Trinajstić information content (AvgIpc) is 2.91. The van der Waals surface area contributed by atoms with Gasteiger partial charge < -0.3 is 10.2 Å². The van der Waals surface area contributed by atoms with E-state index in [1.54, 1.807) is 17.0 Å². The van der Waals surface area contributed by atoms with Gasteiger partial charge in [-0.3, -0.25) is 9.59 Å². The first-order chi connectivity index (χ1) is 10.1. The van der Waals surface area contributed by atoms with Crippen molar-refractivity contribution in [3.05, 3.63) is 30.6 Å². The molecule has 1 aromatic carbocycles. The molecule has 1 fully saturated rings. The monoisotopic (exact) mass is 286 g/mol. The topological polar surface area (TPSA) is 93.0 Å². The van der Waals surface area contributed by atoms with Gasteiger partial charge >= 0.3 is 0 Å². The van der Waals surface area contributed by atoms with E-state index in [4.69, 9.17) is 0 Å². The number of aromatic nitrogens is 4. The summed E-state index contributed by atoms with van der Waals surface area (Å²) in [5.74, 6) is -0.194. The third-order valence-electron chi connectivity index (χ3n) is 3.45. The summed E-state index contributed by atoms with van der Waals surface area (Å²) in [5.41, 5.74) is 1.52. The second-order valence-corrected chi connectivity index (χ2v) is 4.91. The molecule has 0 saturated carbocycles. The van der Waals surface area contributed by atoms with Crippen LogP contribution < -0.4 is 5.32 Å². The Bertz CT molecular complexity index is 646. The van der Waals surface area contributed by atoms with Crippen LogP contribution in [0, 0.1) is 5.92 Å². The Hall–Kier alpha value is -2.77. The minimum Gasteiger partial charge on any atom is -0.341 e. The highest BCUT2D eigenvalue weighted by molar-refractivity contribution is 5.94. The molecule has 0 aliphatic carbocycles. The lowest BCUT2D eigenvalue weighted by Crippen LogP contribution is -2.53. The lowest BCUT2D eigenvalue weighted by Gasteiger charge is -2.37. The van der Waals surface area contributed by atoms with Gasteiger partial charge in [0.25, 0.3) is 0 Å². The van der Waals surface area contributed by atoms with Gasteiger partial charge in [0.05, 0.1) is 11.6 Å². The molecular formula is C13H14N6O2. The lowest BCUT2D eigenvalue weighted by molar-refractivity contribution is -0.139. The Morgan fingerprint density at radius 1 is 1.24 bits per heavy atom. The summed E-state index contributed by atoms with van der Waals surface area (Å²) in [4.78, 5) is 24.7. The zero-order chi connectivity index (χ0) is 14.8. The Balaban J connectivity index is 1.59. The van der Waals surface area contributed by atoms with E-state index in [-0.39, 0.29) is 17.7 Å². The summed E-state index contributed by atoms with van der Waals surface area (Å²) in [6.45, 7) is 2.49. The van der Waals surface area contributed by atoms with E-state index >= 15 is 0 Å². The molecule has 8 heteroatoms. The Kier molecular flexibility index (Phi) is 3.35. The third-order valence-corrected chi connectivity index (χ3v) is 3.45. The fraction of sp³-hybridized carbons (Fsp3) is 0.308. The van der Waals surface area contributed by atoms with E-state index in [9.17, 15) is 9.59 Å². The number of hydrogen-bond donors (Lipinski definition) is 1. The van der Waals surface area contributed by atoms with Crippen LogP contribution in [0.5, 0.6) is 0 Å². The Morgan fingerprint density at radius 2 is 1.95 bits per heavy atom. The fourth-order valence-corrected chi connectivity index (χ4v) is 2.12. The van der Waals surface area contributed by atoms with Crippen LogP contribution in [0.4, 0.5) is 5.69 Å². The number of nitrogens with one attached hydrogen (secondary N) is 1. The number of tetrazole rings is 1. The predicted octanol–water partition coefficient (Wildman–Crippen LogP) is 0.0791. The van der Waals surface area contributed by atoms with Gasteiger partial charge in [0.2, 0.25) is 11.8 Å². The van der Waals surface area contributed by atoms with E-state index < -0.39 is 0 Å². The molecule has 2 amide bonds. The first kappa shape index (κ1) is 13.2. The van der Waals surface area contributed by atoms with Crippen molar-refractivity contribution in [1.29, 1.82) is 0 Å². The Morgan fingerprint density at radius 3 is 2.52 bits per heavy atom. The number of carbonyl (C=O) groups is 2. The van der Waals surface area contributed by atoms with Crippen LogP contribution in [0.15, 0.2) is 30.6 Å². The lowest BCUT2D eigenvalue weighted by atomic mass is 9.99. The zero-order valence-corrected chi connectivity index (χ0v) is 11.4. The molecule has 0 spiro atoms. The van der Waals surface area contributed by atoms with E-state index in [0.717, 1.165) is 5.69 Å². The molecule has 0 bridgehead atoms. The molecule has 1 aliphatic rings. The normalized spacial score (nSPS) is 14.6. The molecule has 2 heterocycles. The number of nitrogens with zero attached hydrogens (tertiary/aromatic N) is 5. The van der Waals surface area contributed by atoms with Crippen molar-refractivity contribution in [3.63, 3.8) is 0 Å². The van der Waals surface area contributed by atoms with Gasteiger partial charge in [0.15, 0.2) is 0 Å². The summed E-state index contributed by atoms with van der Waals surface area (Å²) < 4.78 is 1.53. The standard InChI is InChI=1S/C13H14N6O2/c1-9(20)18-6-10(7-18)13(21)15-11-2-4-12(5-3-11)19-8-14-16-17-19/h2-5,8,10H,6-7H2,1H3,(H,15,21). The maximum absolute atomic E-state index is 12.0. The number of carbonyl (C=O) groups excluding carboxylic acids is 2. The average molecular weight is 286 g/mol. The van der Waals surface area contributed by atoms with Crippen molar-refractivity contribution in [2.75, 3.05) is 18.4 Å². The minimum atomic E-state index is -0.131. The number of anilines is 1. The number of rotatable bonds is 3. The molecule has 108 valence electrons. The molecule has 1 aliphatic heterocycles. The molecular weight excluding hydrogens is 272 g/mol. The van der Waals surface area contributed by atoms with Crippen LogP contribution >= 0.6 is 0 Å². The van der Waals surface area contributed by atoms with Gasteiger partial charge in [-0.2, -0.15) is 0 Å². The summed E-state index contributed by atoms with van der Waals surface area (Å²) in [7, 11) is 0. The fourth-order valence-electron chi connectivity index (χ4n) is 2.12. The van der Waals surface area contributed by atoms with E-state index in [1.807, 2.05) is 12.1 Å². The molecule has 2 aromatic rings. The molecule has 21 heavy (non-hydrogen) atoms. The van der Waals surface area contributed by atoms with Crippen LogP contribution in [0.2, 0.25) is 0 Å². The smallest absolute Gasteiger partial charge is 0.231 e. The summed E-state index contributed by atoms with van der Waals surface area (Å²) >= 11 is 0. The highest BCUT2D eigenvalue weighted by atomic mass is 16.2. The van der Waals surface area contributed by atoms with Gasteiger partial charge in [-0.15, -0.1) is 5.10 Å². The van der Waals surface area contributed by atoms with Crippen molar-refractivity contribution >= 4 is 17.5 Å². The second kappa shape index (κ2) is 5.31. The highest BCUT2D eigenvalue weighted by Gasteiger charge is 2.33. The SMILES string of the molecule is CC(=O)N1CC(C(=O)Nc2ccc(-n3cnnn3)cc2)C1. The van der Waals surface area contributed by atoms with E-state index in [1.165, 1.54) is 17.9 Å². The highest BCUT2D eigenvalue weighted by Crippen LogP contribution is 2.18. The summed E-state index contributed by atoms with van der Waals surface area (Å²) in [6.07, 6.45) is 1.50. The molecule has 1 aromatic heterocycles. The van der Waals surface area contributed by atoms with Gasteiger partial charge in [-0.05, 0) is 34.7 Å². The van der Waals surface area contributed by atoms with Gasteiger partial charge in [-0.25, -0.2) is 4.68 Å². The predicted molar refractivity (Wildman–Crippen MR) is 73.5 cm³/mol. The first-order valence-electron chi connectivity index (χ1n) is 6.53. The molecule has 3 rings (SSSR count). The van der Waals surface area contributed by atoms with Crippen molar-refractivity contribution in [2.45, 2.75) is 6.92 Å². The zero-order valence-electron chi connectivity index (χ0n) is 11.4. The van der Waals surface area contributed by atoms with Crippen LogP contribution in [0.25, 0.3) is 5.69 Å². The van der Waals surface area contributed by atoms with Crippen molar-refractivity contribution in [2.24, 2.45) is 5.92 Å². The van der Waals surface area contributed by atoms with Gasteiger partial charge in [0.1, 0.15) is 6.33 Å². The quantitative estimate of drug-likeness (QED) is 0.862. The molecule has 1 saturated heterocycles. The van der Waals surface area contributed by atoms with Crippen molar-refractivity contribution < 1.29 is 9.59 Å². The second-order valence-electron chi connectivity index (χ2n) is 4.91. The number of amides is 2. The van der Waals surface area contributed by atoms with Gasteiger partial charge in [-0.1, -0.05) is 0 Å². The van der Waals surface area contributed by atoms with Gasteiger partial charge in [0, 0.05) is 25.7 Å². The van der Waals surface area contributed by atoms with Crippen LogP contribution in [0.3, 0.4) is 0 Å². The molecule has 8 nitrogen and oxygen atoms in total. The maximum Gasteiger partial charge on any atom is 0.231 e. The van der Waals surface area contributed by atoms with Crippen LogP contribution in [0.1, 0.15) is 6.92 Å². The summed E-state index contributed by atoms with van der Waals surface area (Å²) in [5, 5.41) is 13.7. The van der Waals surface area contributed by atoms with E-state index in [0.29, 0.717) is 18.8 Å². The molecule has 0 radical (unpaired) electrons. The minimum absolute atomic E-state index is 0.00449. The molecule has 1 N–H and O–H groups in total. The van der Waals surface area contributed by atoms with Crippen LogP contribution in [-0.2, 0) is 9.59 Å². The van der Waals surface area contributed by atoms with Crippen molar-refractivity contribution in [3.8, 4) is 5.69 Å². The number of benzene rings is 1. The largest absolute Gasteiger partial charge is 0.341 e. The maximum atomic E-state index is 12.0. The number of hydrogen-bond acceptors (Lipinski definition) is 5. The Labute approximate surface area is 120 Å². The first-order valence-corrected chi connectivity index (χ1v) is 6.53.